The van der Waals surface area contributed by atoms with Crippen LogP contribution in [0.25, 0.3) is 0 Å². The van der Waals surface area contributed by atoms with Gasteiger partial charge in [-0.2, -0.15) is 13.2 Å². The molecule has 4 nitrogen and oxygen atoms in total. The summed E-state index contributed by atoms with van der Waals surface area (Å²) < 4.78 is 50.8. The van der Waals surface area contributed by atoms with E-state index in [0.717, 1.165) is 26.2 Å². The molecule has 4 fully saturated rings. The van der Waals surface area contributed by atoms with E-state index in [1.165, 1.54) is 40.0 Å². The van der Waals surface area contributed by atoms with E-state index >= 15 is 0 Å². The van der Waals surface area contributed by atoms with Crippen molar-refractivity contribution in [2.24, 2.45) is 23.2 Å². The highest BCUT2D eigenvalue weighted by Crippen LogP contribution is 2.57. The van der Waals surface area contributed by atoms with Crippen LogP contribution >= 0.6 is 0 Å². The predicted octanol–water partition coefficient (Wildman–Crippen LogP) is 4.80. The van der Waals surface area contributed by atoms with Gasteiger partial charge in [0.25, 0.3) is 0 Å². The highest BCUT2D eigenvalue weighted by atomic mass is 19.4. The third kappa shape index (κ3) is 3.58. The Balaban J connectivity index is 1.70. The molecular weight excluding hydrogens is 361 g/mol. The number of esters is 2. The van der Waals surface area contributed by atoms with E-state index in [1.807, 2.05) is 0 Å². The van der Waals surface area contributed by atoms with Gasteiger partial charge in [-0.3, -0.25) is 4.79 Å². The monoisotopic (exact) mass is 390 g/mol. The van der Waals surface area contributed by atoms with Crippen LogP contribution in [0.5, 0.6) is 0 Å². The molecule has 0 N–H and O–H groups in total. The Kier molecular flexibility index (Phi) is 4.83. The highest BCUT2D eigenvalue weighted by molar-refractivity contribution is 5.85. The molecule has 27 heavy (non-hydrogen) atoms. The summed E-state index contributed by atoms with van der Waals surface area (Å²) >= 11 is 0. The average molecular weight is 390 g/mol. The van der Waals surface area contributed by atoms with Gasteiger partial charge < -0.3 is 9.47 Å². The number of carbonyl (C=O) groups is 2. The molecule has 1 atom stereocenters. The van der Waals surface area contributed by atoms with Crippen molar-refractivity contribution in [2.75, 3.05) is 0 Å². The largest absolute Gasteiger partial charge is 0.456 e. The van der Waals surface area contributed by atoms with Crippen LogP contribution in [0.15, 0.2) is 0 Å². The molecule has 4 saturated carbocycles. The SMILES string of the molecule is CCC(C)(C(=O)OC(C)(C)C(=O)OC12CC3CC(CC(C3)C1)C2)C(F)(F)F. The molecule has 4 aliphatic carbocycles. The second-order valence-electron chi connectivity index (χ2n) is 9.57. The van der Waals surface area contributed by atoms with Gasteiger partial charge in [-0.25, -0.2) is 4.79 Å². The van der Waals surface area contributed by atoms with Crippen molar-refractivity contribution in [3.63, 3.8) is 0 Å². The predicted molar refractivity (Wildman–Crippen MR) is 91.6 cm³/mol. The van der Waals surface area contributed by atoms with Crippen LogP contribution in [0.4, 0.5) is 13.2 Å². The molecule has 1 unspecified atom stereocenters. The van der Waals surface area contributed by atoms with Crippen molar-refractivity contribution >= 4 is 11.9 Å². The van der Waals surface area contributed by atoms with Crippen LogP contribution in [0.1, 0.15) is 72.6 Å². The number of alkyl halides is 3. The van der Waals surface area contributed by atoms with Crippen molar-refractivity contribution in [3.8, 4) is 0 Å². The van der Waals surface area contributed by atoms with Gasteiger partial charge in [0.1, 0.15) is 5.60 Å². The van der Waals surface area contributed by atoms with Crippen molar-refractivity contribution in [3.05, 3.63) is 0 Å². The Morgan fingerprint density at radius 1 is 0.926 bits per heavy atom. The normalized spacial score (nSPS) is 34.9. The van der Waals surface area contributed by atoms with E-state index in [1.54, 1.807) is 0 Å². The zero-order valence-electron chi connectivity index (χ0n) is 16.4. The molecule has 4 aliphatic rings. The van der Waals surface area contributed by atoms with E-state index in [-0.39, 0.29) is 0 Å². The minimum Gasteiger partial charge on any atom is -0.456 e. The molecule has 0 aromatic heterocycles. The van der Waals surface area contributed by atoms with Gasteiger partial charge in [0.15, 0.2) is 5.41 Å². The summed E-state index contributed by atoms with van der Waals surface area (Å²) in [5.41, 5.74) is -4.94. The Labute approximate surface area is 158 Å². The lowest BCUT2D eigenvalue weighted by molar-refractivity contribution is -0.241. The first-order valence-electron chi connectivity index (χ1n) is 9.84. The maximum absolute atomic E-state index is 13.3. The first-order valence-corrected chi connectivity index (χ1v) is 9.84. The molecule has 0 saturated heterocycles. The maximum atomic E-state index is 13.3. The first kappa shape index (κ1) is 20.5. The molecule has 154 valence electrons. The highest BCUT2D eigenvalue weighted by Gasteiger charge is 2.59. The summed E-state index contributed by atoms with van der Waals surface area (Å²) in [5, 5.41) is 0. The summed E-state index contributed by atoms with van der Waals surface area (Å²) in [4.78, 5) is 25.0. The smallest absolute Gasteiger partial charge is 0.404 e. The number of halogens is 3. The fourth-order valence-corrected chi connectivity index (χ4v) is 5.32. The molecule has 4 bridgehead atoms. The first-order chi connectivity index (χ1) is 12.3. The molecule has 0 radical (unpaired) electrons. The van der Waals surface area contributed by atoms with Crippen molar-refractivity contribution in [2.45, 2.75) is 90.0 Å². The Morgan fingerprint density at radius 3 is 1.74 bits per heavy atom. The lowest BCUT2D eigenvalue weighted by atomic mass is 9.54. The Bertz CT molecular complexity index is 590. The maximum Gasteiger partial charge on any atom is 0.404 e. The topological polar surface area (TPSA) is 52.6 Å². The minimum absolute atomic E-state index is 0.463. The lowest BCUT2D eigenvalue weighted by Gasteiger charge is -2.56. The Hall–Kier alpha value is -1.27. The summed E-state index contributed by atoms with van der Waals surface area (Å²) in [6.07, 6.45) is 0.743. The van der Waals surface area contributed by atoms with E-state index in [4.69, 9.17) is 9.47 Å². The number of ether oxygens (including phenoxy) is 2. The van der Waals surface area contributed by atoms with Crippen molar-refractivity contribution < 1.29 is 32.2 Å². The Morgan fingerprint density at radius 2 is 1.37 bits per heavy atom. The van der Waals surface area contributed by atoms with Gasteiger partial charge in [-0.1, -0.05) is 6.92 Å². The second-order valence-corrected chi connectivity index (χ2v) is 9.57. The summed E-state index contributed by atoms with van der Waals surface area (Å²) in [6, 6.07) is 0. The van der Waals surface area contributed by atoms with E-state index in [9.17, 15) is 22.8 Å². The molecule has 0 aromatic rings. The standard InChI is InChI=1S/C20H29F3O4/c1-5-18(4,20(21,22)23)16(25)26-17(2,3)15(24)27-19-9-12-6-13(10-19)8-14(7-12)11-19/h12-14H,5-11H2,1-4H3. The van der Waals surface area contributed by atoms with Gasteiger partial charge >= 0.3 is 18.1 Å². The van der Waals surface area contributed by atoms with Crippen LogP contribution < -0.4 is 0 Å². The average Bonchev–Trinajstić information content (AvgIpc) is 2.50. The van der Waals surface area contributed by atoms with Crippen LogP contribution in [-0.2, 0) is 19.1 Å². The fraction of sp³-hybridized carbons (Fsp3) is 0.900. The molecule has 0 spiro atoms. The number of rotatable bonds is 5. The number of hydrogen-bond donors (Lipinski definition) is 0. The van der Waals surface area contributed by atoms with Crippen molar-refractivity contribution in [1.29, 1.82) is 0 Å². The zero-order valence-corrected chi connectivity index (χ0v) is 16.4. The molecule has 7 heteroatoms. The van der Waals surface area contributed by atoms with Crippen LogP contribution in [0.2, 0.25) is 0 Å². The van der Waals surface area contributed by atoms with Gasteiger partial charge in [-0.05, 0) is 83.5 Å². The zero-order chi connectivity index (χ0) is 20.3. The number of hydrogen-bond acceptors (Lipinski definition) is 4. The van der Waals surface area contributed by atoms with Gasteiger partial charge in [0.2, 0.25) is 5.60 Å². The van der Waals surface area contributed by atoms with E-state index in [0.29, 0.717) is 17.8 Å². The van der Waals surface area contributed by atoms with Crippen molar-refractivity contribution in [1.82, 2.24) is 0 Å². The second kappa shape index (κ2) is 6.38. The van der Waals surface area contributed by atoms with E-state index < -0.39 is 41.2 Å². The fourth-order valence-electron chi connectivity index (χ4n) is 5.32. The molecule has 4 rings (SSSR count). The summed E-state index contributed by atoms with van der Waals surface area (Å²) in [6.45, 7) is 4.69. The lowest BCUT2D eigenvalue weighted by Crippen LogP contribution is -2.55. The molecule has 0 aliphatic heterocycles. The van der Waals surface area contributed by atoms with Crippen LogP contribution in [-0.4, -0.2) is 29.3 Å². The molecule has 0 aromatic carbocycles. The minimum atomic E-state index is -4.75. The third-order valence-corrected chi connectivity index (χ3v) is 6.91. The van der Waals surface area contributed by atoms with Crippen LogP contribution in [0, 0.1) is 23.2 Å². The summed E-state index contributed by atoms with van der Waals surface area (Å²) in [5.74, 6) is -0.515. The van der Waals surface area contributed by atoms with Gasteiger partial charge in [0.05, 0.1) is 0 Å². The molecule has 0 amide bonds. The summed E-state index contributed by atoms with van der Waals surface area (Å²) in [7, 11) is 0. The number of carbonyl (C=O) groups excluding carboxylic acids is 2. The van der Waals surface area contributed by atoms with Crippen LogP contribution in [0.3, 0.4) is 0 Å². The van der Waals surface area contributed by atoms with Gasteiger partial charge in [0, 0.05) is 0 Å². The molecule has 0 heterocycles. The van der Waals surface area contributed by atoms with Gasteiger partial charge in [-0.15, -0.1) is 0 Å². The van der Waals surface area contributed by atoms with E-state index in [2.05, 4.69) is 0 Å². The molecular formula is C20H29F3O4. The quantitative estimate of drug-likeness (QED) is 0.633. The third-order valence-electron chi connectivity index (χ3n) is 6.91.